The lowest BCUT2D eigenvalue weighted by atomic mass is 9.78. The van der Waals surface area contributed by atoms with Gasteiger partial charge in [-0.25, -0.2) is 4.79 Å². The topological polar surface area (TPSA) is 72.6 Å². The molecule has 2 aliphatic rings. The van der Waals surface area contributed by atoms with E-state index in [1.807, 2.05) is 11.8 Å². The van der Waals surface area contributed by atoms with Crippen LogP contribution in [0.25, 0.3) is 0 Å². The Kier molecular flexibility index (Phi) is 5.07. The number of likely N-dealkylation sites (tertiary alicyclic amines) is 1. The zero-order chi connectivity index (χ0) is 17.1. The van der Waals surface area contributed by atoms with Crippen LogP contribution in [0.4, 0.5) is 5.69 Å². The fourth-order valence-electron chi connectivity index (χ4n) is 4.00. The number of rotatable bonds is 3. The molecule has 2 N–H and O–H groups in total. The zero-order valence-electron chi connectivity index (χ0n) is 14.3. The number of hydrogen-bond acceptors (Lipinski definition) is 4. The average Bonchev–Trinajstić information content (AvgIpc) is 2.61. The highest BCUT2D eigenvalue weighted by molar-refractivity contribution is 5.92. The number of ether oxygens (including phenoxy) is 1. The van der Waals surface area contributed by atoms with E-state index in [1.54, 1.807) is 18.2 Å². The fraction of sp³-hybridized carbons (Fsp3) is 0.579. The summed E-state index contributed by atoms with van der Waals surface area (Å²) in [6, 6.07) is 5.40. The van der Waals surface area contributed by atoms with E-state index < -0.39 is 5.97 Å². The molecular formula is C19H26N2O3. The van der Waals surface area contributed by atoms with Gasteiger partial charge in [0.05, 0.1) is 5.56 Å². The molecule has 24 heavy (non-hydrogen) atoms. The van der Waals surface area contributed by atoms with E-state index in [1.165, 1.54) is 25.7 Å². The van der Waals surface area contributed by atoms with Crippen molar-refractivity contribution in [2.24, 2.45) is 5.92 Å². The molecule has 0 bridgehead atoms. The Morgan fingerprint density at radius 1 is 1.21 bits per heavy atom. The van der Waals surface area contributed by atoms with E-state index in [9.17, 15) is 9.59 Å². The second-order valence-electron chi connectivity index (χ2n) is 6.99. The van der Waals surface area contributed by atoms with Gasteiger partial charge < -0.3 is 15.4 Å². The molecule has 2 atom stereocenters. The number of fused-ring (bicyclic) bond motifs is 1. The lowest BCUT2D eigenvalue weighted by Crippen LogP contribution is -2.50. The summed E-state index contributed by atoms with van der Waals surface area (Å²) in [4.78, 5) is 26.6. The van der Waals surface area contributed by atoms with Gasteiger partial charge in [0, 0.05) is 18.3 Å². The van der Waals surface area contributed by atoms with Crippen molar-refractivity contribution < 1.29 is 14.3 Å². The van der Waals surface area contributed by atoms with Crippen molar-refractivity contribution in [3.63, 3.8) is 0 Å². The van der Waals surface area contributed by atoms with Gasteiger partial charge in [-0.2, -0.15) is 0 Å². The molecule has 1 aliphatic heterocycles. The van der Waals surface area contributed by atoms with E-state index in [0.717, 1.165) is 24.9 Å². The molecule has 0 radical (unpaired) electrons. The maximum atomic E-state index is 12.5. The minimum absolute atomic E-state index is 0.0694. The quantitative estimate of drug-likeness (QED) is 0.683. The Labute approximate surface area is 143 Å². The largest absolute Gasteiger partial charge is 0.452 e. The summed E-state index contributed by atoms with van der Waals surface area (Å²) >= 11 is 0. The molecule has 1 amide bonds. The Hall–Kier alpha value is -2.04. The van der Waals surface area contributed by atoms with Gasteiger partial charge in [0.1, 0.15) is 0 Å². The maximum Gasteiger partial charge on any atom is 0.338 e. The van der Waals surface area contributed by atoms with Gasteiger partial charge in [-0.3, -0.25) is 4.79 Å². The first-order valence-corrected chi connectivity index (χ1v) is 8.89. The molecule has 3 rings (SSSR count). The van der Waals surface area contributed by atoms with Crippen molar-refractivity contribution in [3.05, 3.63) is 29.3 Å². The number of aryl methyl sites for hydroxylation is 1. The first kappa shape index (κ1) is 16.8. The molecule has 1 saturated heterocycles. The molecule has 1 aliphatic carbocycles. The maximum absolute atomic E-state index is 12.5. The molecule has 2 fully saturated rings. The smallest absolute Gasteiger partial charge is 0.338 e. The van der Waals surface area contributed by atoms with Crippen LogP contribution < -0.4 is 5.73 Å². The van der Waals surface area contributed by atoms with E-state index >= 15 is 0 Å². The van der Waals surface area contributed by atoms with Crippen LogP contribution in [0.15, 0.2) is 18.2 Å². The monoisotopic (exact) mass is 330 g/mol. The molecule has 0 unspecified atom stereocenters. The molecule has 5 heteroatoms. The third kappa shape index (κ3) is 3.55. The average molecular weight is 330 g/mol. The SMILES string of the molecule is Cc1ccc(C(=O)OCC(=O)N2CCC[C@@H]3CCCC[C@@H]32)cc1N. The van der Waals surface area contributed by atoms with Crippen LogP contribution >= 0.6 is 0 Å². The van der Waals surface area contributed by atoms with Crippen LogP contribution in [0.3, 0.4) is 0 Å². The van der Waals surface area contributed by atoms with Gasteiger partial charge in [0.25, 0.3) is 5.91 Å². The number of nitrogens with zero attached hydrogens (tertiary/aromatic N) is 1. The number of nitrogens with two attached hydrogens (primary N) is 1. The van der Waals surface area contributed by atoms with Crippen LogP contribution in [0.1, 0.15) is 54.4 Å². The highest BCUT2D eigenvalue weighted by Crippen LogP contribution is 2.35. The van der Waals surface area contributed by atoms with E-state index in [-0.39, 0.29) is 12.5 Å². The molecule has 1 aromatic rings. The summed E-state index contributed by atoms with van der Waals surface area (Å²) in [5, 5.41) is 0. The summed E-state index contributed by atoms with van der Waals surface area (Å²) in [5.41, 5.74) is 7.68. The van der Waals surface area contributed by atoms with Crippen LogP contribution in [0.2, 0.25) is 0 Å². The number of piperidine rings is 1. The van der Waals surface area contributed by atoms with E-state index in [4.69, 9.17) is 10.5 Å². The minimum atomic E-state index is -0.493. The zero-order valence-corrected chi connectivity index (χ0v) is 14.3. The summed E-state index contributed by atoms with van der Waals surface area (Å²) in [5.74, 6) is 0.0661. The summed E-state index contributed by atoms with van der Waals surface area (Å²) < 4.78 is 5.23. The molecule has 1 heterocycles. The van der Waals surface area contributed by atoms with Gasteiger partial charge in [0.15, 0.2) is 6.61 Å². The highest BCUT2D eigenvalue weighted by Gasteiger charge is 2.35. The molecule has 130 valence electrons. The van der Waals surface area contributed by atoms with Crippen LogP contribution in [-0.4, -0.2) is 36.0 Å². The molecule has 0 aromatic heterocycles. The minimum Gasteiger partial charge on any atom is -0.452 e. The summed E-state index contributed by atoms with van der Waals surface area (Å²) in [7, 11) is 0. The van der Waals surface area contributed by atoms with Gasteiger partial charge in [-0.05, 0) is 56.2 Å². The molecule has 1 saturated carbocycles. The second-order valence-corrected chi connectivity index (χ2v) is 6.99. The lowest BCUT2D eigenvalue weighted by molar-refractivity contribution is -0.140. The van der Waals surface area contributed by atoms with Crippen LogP contribution in [0.5, 0.6) is 0 Å². The number of benzene rings is 1. The first-order chi connectivity index (χ1) is 11.6. The van der Waals surface area contributed by atoms with Gasteiger partial charge in [-0.15, -0.1) is 0 Å². The Bertz CT molecular complexity index is 627. The third-order valence-electron chi connectivity index (χ3n) is 5.41. The van der Waals surface area contributed by atoms with Gasteiger partial charge >= 0.3 is 5.97 Å². The number of nitrogen functional groups attached to an aromatic ring is 1. The molecular weight excluding hydrogens is 304 g/mol. The van der Waals surface area contributed by atoms with Crippen molar-refractivity contribution in [1.82, 2.24) is 4.90 Å². The molecule has 1 aromatic carbocycles. The fourth-order valence-corrected chi connectivity index (χ4v) is 4.00. The number of carbonyl (C=O) groups excluding carboxylic acids is 2. The molecule has 0 spiro atoms. The van der Waals surface area contributed by atoms with Crippen LogP contribution in [-0.2, 0) is 9.53 Å². The summed E-state index contributed by atoms with van der Waals surface area (Å²) in [6.07, 6.45) is 7.03. The van der Waals surface area contributed by atoms with Gasteiger partial charge in [0.2, 0.25) is 0 Å². The third-order valence-corrected chi connectivity index (χ3v) is 5.41. The second kappa shape index (κ2) is 7.24. The predicted octanol–water partition coefficient (Wildman–Crippen LogP) is 2.92. The van der Waals surface area contributed by atoms with E-state index in [0.29, 0.717) is 23.2 Å². The Morgan fingerprint density at radius 3 is 2.75 bits per heavy atom. The normalized spacial score (nSPS) is 23.5. The number of anilines is 1. The Morgan fingerprint density at radius 2 is 1.96 bits per heavy atom. The Balaban J connectivity index is 1.58. The van der Waals surface area contributed by atoms with E-state index in [2.05, 4.69) is 0 Å². The summed E-state index contributed by atoms with van der Waals surface area (Å²) in [6.45, 7) is 2.48. The number of hydrogen-bond donors (Lipinski definition) is 1. The predicted molar refractivity (Wildman–Crippen MR) is 92.6 cm³/mol. The van der Waals surface area contributed by atoms with Crippen molar-refractivity contribution >= 4 is 17.6 Å². The van der Waals surface area contributed by atoms with Crippen molar-refractivity contribution in [3.8, 4) is 0 Å². The van der Waals surface area contributed by atoms with Crippen molar-refractivity contribution in [2.45, 2.75) is 51.5 Å². The van der Waals surface area contributed by atoms with Crippen molar-refractivity contribution in [1.29, 1.82) is 0 Å². The number of amides is 1. The molecule has 5 nitrogen and oxygen atoms in total. The van der Waals surface area contributed by atoms with Crippen LogP contribution in [0, 0.1) is 12.8 Å². The lowest BCUT2D eigenvalue weighted by Gasteiger charge is -2.44. The van der Waals surface area contributed by atoms with Crippen molar-refractivity contribution in [2.75, 3.05) is 18.9 Å². The highest BCUT2D eigenvalue weighted by atomic mass is 16.5. The van der Waals surface area contributed by atoms with Gasteiger partial charge in [-0.1, -0.05) is 18.9 Å². The number of esters is 1. The standard InChI is InChI=1S/C19H26N2O3/c1-13-8-9-15(11-16(13)20)19(23)24-12-18(22)21-10-4-6-14-5-2-3-7-17(14)21/h8-9,11,14,17H,2-7,10,12,20H2,1H3/t14-,17-/m0/s1. The first-order valence-electron chi connectivity index (χ1n) is 8.89. The number of carbonyl (C=O) groups is 2.